The molecule has 1 fully saturated rings. The van der Waals surface area contributed by atoms with Crippen molar-refractivity contribution in [3.8, 4) is 0 Å². The first kappa shape index (κ1) is 14.1. The van der Waals surface area contributed by atoms with Crippen molar-refractivity contribution in [3.05, 3.63) is 23.2 Å². The van der Waals surface area contributed by atoms with E-state index in [2.05, 4.69) is 0 Å². The molecule has 0 aliphatic carbocycles. The Hall–Kier alpha value is -1.27. The Balaban J connectivity index is 2.17. The van der Waals surface area contributed by atoms with Crippen LogP contribution in [0.25, 0.3) is 0 Å². The van der Waals surface area contributed by atoms with E-state index in [9.17, 15) is 13.2 Å². The summed E-state index contributed by atoms with van der Waals surface area (Å²) >= 11 is 5.80. The van der Waals surface area contributed by atoms with Gasteiger partial charge in [-0.3, -0.25) is 4.79 Å². The lowest BCUT2D eigenvalue weighted by molar-refractivity contribution is -0.127. The second kappa shape index (κ2) is 5.38. The number of benzene rings is 1. The molecule has 7 heteroatoms. The van der Waals surface area contributed by atoms with Crippen LogP contribution in [0.4, 0.5) is 5.69 Å². The Bertz CT molecular complexity index is 595. The Kier molecular flexibility index (Phi) is 4.01. The molecular formula is C12H15ClN2O3S. The van der Waals surface area contributed by atoms with E-state index in [4.69, 9.17) is 17.3 Å². The van der Waals surface area contributed by atoms with Crippen molar-refractivity contribution >= 4 is 33.0 Å². The monoisotopic (exact) mass is 302 g/mol. The van der Waals surface area contributed by atoms with Gasteiger partial charge in [-0.05, 0) is 31.0 Å². The van der Waals surface area contributed by atoms with Crippen molar-refractivity contribution in [2.24, 2.45) is 0 Å². The van der Waals surface area contributed by atoms with Gasteiger partial charge in [-0.25, -0.2) is 8.42 Å². The third-order valence-electron chi connectivity index (χ3n) is 3.10. The summed E-state index contributed by atoms with van der Waals surface area (Å²) in [5, 5.41) is 0.176. The van der Waals surface area contributed by atoms with Crippen molar-refractivity contribution in [2.75, 3.05) is 24.6 Å². The molecule has 104 valence electrons. The van der Waals surface area contributed by atoms with E-state index < -0.39 is 15.6 Å². The summed E-state index contributed by atoms with van der Waals surface area (Å²) < 4.78 is 24.2. The molecule has 1 aromatic carbocycles. The van der Waals surface area contributed by atoms with Gasteiger partial charge in [0, 0.05) is 13.1 Å². The minimum absolute atomic E-state index is 0.0271. The van der Waals surface area contributed by atoms with Crippen LogP contribution < -0.4 is 5.73 Å². The van der Waals surface area contributed by atoms with Crippen LogP contribution in [0.2, 0.25) is 5.02 Å². The van der Waals surface area contributed by atoms with Gasteiger partial charge < -0.3 is 10.6 Å². The Morgan fingerprint density at radius 2 is 1.95 bits per heavy atom. The summed E-state index contributed by atoms with van der Waals surface area (Å²) in [6.07, 6.45) is 1.86. The topological polar surface area (TPSA) is 80.5 Å². The summed E-state index contributed by atoms with van der Waals surface area (Å²) in [5.41, 5.74) is 5.84. The summed E-state index contributed by atoms with van der Waals surface area (Å²) in [6, 6.07) is 4.08. The molecule has 5 nitrogen and oxygen atoms in total. The number of likely N-dealkylation sites (tertiary alicyclic amines) is 1. The zero-order valence-electron chi connectivity index (χ0n) is 10.3. The molecule has 1 heterocycles. The van der Waals surface area contributed by atoms with E-state index >= 15 is 0 Å². The first-order valence-electron chi connectivity index (χ1n) is 5.96. The standard InChI is InChI=1S/C12H15ClN2O3S/c13-10-7-9(3-4-11(10)14)19(17,18)8-12(16)15-5-1-2-6-15/h3-4,7H,1-2,5-6,8,14H2. The molecule has 1 amide bonds. The second-order valence-corrected chi connectivity index (χ2v) is 6.93. The van der Waals surface area contributed by atoms with Crippen LogP contribution in [0.1, 0.15) is 12.8 Å². The first-order chi connectivity index (χ1) is 8.90. The Morgan fingerprint density at radius 3 is 2.53 bits per heavy atom. The lowest BCUT2D eigenvalue weighted by Gasteiger charge is -2.15. The van der Waals surface area contributed by atoms with Crippen LogP contribution in [-0.2, 0) is 14.6 Å². The molecule has 0 spiro atoms. The van der Waals surface area contributed by atoms with Crippen molar-refractivity contribution in [2.45, 2.75) is 17.7 Å². The molecule has 2 N–H and O–H groups in total. The minimum atomic E-state index is -3.67. The molecule has 1 aliphatic heterocycles. The van der Waals surface area contributed by atoms with Crippen molar-refractivity contribution in [1.82, 2.24) is 4.90 Å². The van der Waals surface area contributed by atoms with E-state index in [0.29, 0.717) is 18.8 Å². The zero-order valence-corrected chi connectivity index (χ0v) is 11.9. The van der Waals surface area contributed by atoms with E-state index in [0.717, 1.165) is 12.8 Å². The summed E-state index contributed by atoms with van der Waals surface area (Å²) in [6.45, 7) is 1.27. The number of carbonyl (C=O) groups excluding carboxylic acids is 1. The number of nitrogens with zero attached hydrogens (tertiary/aromatic N) is 1. The fourth-order valence-corrected chi connectivity index (χ4v) is 3.50. The van der Waals surface area contributed by atoms with Gasteiger partial charge in [0.2, 0.25) is 5.91 Å². The van der Waals surface area contributed by atoms with Gasteiger partial charge >= 0.3 is 0 Å². The van der Waals surface area contributed by atoms with Gasteiger partial charge in [0.15, 0.2) is 9.84 Å². The summed E-state index contributed by atoms with van der Waals surface area (Å²) in [5.74, 6) is -0.877. The molecule has 0 saturated carbocycles. The third-order valence-corrected chi connectivity index (χ3v) is 5.03. The van der Waals surface area contributed by atoms with Crippen LogP contribution in [0.5, 0.6) is 0 Å². The Morgan fingerprint density at radius 1 is 1.32 bits per heavy atom. The number of hydrogen-bond acceptors (Lipinski definition) is 4. The maximum Gasteiger partial charge on any atom is 0.238 e. The number of nitrogens with two attached hydrogens (primary N) is 1. The van der Waals surface area contributed by atoms with Gasteiger partial charge in [0.05, 0.1) is 15.6 Å². The van der Waals surface area contributed by atoms with Crippen LogP contribution in [0, 0.1) is 0 Å². The van der Waals surface area contributed by atoms with E-state index in [-0.39, 0.29) is 15.8 Å². The highest BCUT2D eigenvalue weighted by molar-refractivity contribution is 7.92. The molecular weight excluding hydrogens is 288 g/mol. The van der Waals surface area contributed by atoms with E-state index in [1.165, 1.54) is 18.2 Å². The van der Waals surface area contributed by atoms with Crippen LogP contribution in [0.3, 0.4) is 0 Å². The van der Waals surface area contributed by atoms with Crippen LogP contribution in [-0.4, -0.2) is 38.1 Å². The predicted octanol–water partition coefficient (Wildman–Crippen LogP) is 1.32. The first-order valence-corrected chi connectivity index (χ1v) is 7.99. The van der Waals surface area contributed by atoms with Crippen LogP contribution in [0.15, 0.2) is 23.1 Å². The van der Waals surface area contributed by atoms with Crippen molar-refractivity contribution in [3.63, 3.8) is 0 Å². The lowest BCUT2D eigenvalue weighted by atomic mass is 10.3. The average molecular weight is 303 g/mol. The number of amides is 1. The highest BCUT2D eigenvalue weighted by Crippen LogP contribution is 2.23. The smallest absolute Gasteiger partial charge is 0.238 e. The molecule has 0 atom stereocenters. The average Bonchev–Trinajstić information content (AvgIpc) is 2.85. The van der Waals surface area contributed by atoms with Gasteiger partial charge in [0.25, 0.3) is 0 Å². The fourth-order valence-electron chi connectivity index (χ4n) is 2.01. The predicted molar refractivity (Wildman–Crippen MR) is 73.7 cm³/mol. The van der Waals surface area contributed by atoms with Gasteiger partial charge in [0.1, 0.15) is 5.75 Å². The minimum Gasteiger partial charge on any atom is -0.398 e. The molecule has 19 heavy (non-hydrogen) atoms. The number of halogens is 1. The number of nitrogen functional groups attached to an aromatic ring is 1. The second-order valence-electron chi connectivity index (χ2n) is 4.53. The zero-order chi connectivity index (χ0) is 14.0. The van der Waals surface area contributed by atoms with E-state index in [1.54, 1.807) is 4.90 Å². The third kappa shape index (κ3) is 3.19. The number of hydrogen-bond donors (Lipinski definition) is 1. The Labute approximate surface area is 117 Å². The molecule has 1 saturated heterocycles. The van der Waals surface area contributed by atoms with Gasteiger partial charge in [-0.1, -0.05) is 11.6 Å². The summed E-state index contributed by atoms with van der Waals surface area (Å²) in [4.78, 5) is 13.5. The van der Waals surface area contributed by atoms with Crippen molar-refractivity contribution < 1.29 is 13.2 Å². The molecule has 0 bridgehead atoms. The molecule has 1 aliphatic rings. The largest absolute Gasteiger partial charge is 0.398 e. The number of carbonyl (C=O) groups is 1. The van der Waals surface area contributed by atoms with Crippen LogP contribution >= 0.6 is 11.6 Å². The normalized spacial score (nSPS) is 15.7. The highest BCUT2D eigenvalue weighted by Gasteiger charge is 2.25. The number of sulfone groups is 1. The molecule has 0 radical (unpaired) electrons. The molecule has 0 aromatic heterocycles. The SMILES string of the molecule is Nc1ccc(S(=O)(=O)CC(=O)N2CCCC2)cc1Cl. The van der Waals surface area contributed by atoms with Crippen molar-refractivity contribution in [1.29, 1.82) is 0 Å². The van der Waals surface area contributed by atoms with E-state index in [1.807, 2.05) is 0 Å². The maximum absolute atomic E-state index is 12.1. The highest BCUT2D eigenvalue weighted by atomic mass is 35.5. The maximum atomic E-state index is 12.1. The number of rotatable bonds is 3. The summed E-state index contributed by atoms with van der Waals surface area (Å²) in [7, 11) is -3.67. The van der Waals surface area contributed by atoms with Gasteiger partial charge in [-0.15, -0.1) is 0 Å². The number of anilines is 1. The molecule has 1 aromatic rings. The lowest BCUT2D eigenvalue weighted by Crippen LogP contribution is -2.33. The molecule has 0 unspecified atom stereocenters. The fraction of sp³-hybridized carbons (Fsp3) is 0.417. The molecule has 2 rings (SSSR count). The quantitative estimate of drug-likeness (QED) is 0.854. The van der Waals surface area contributed by atoms with Gasteiger partial charge in [-0.2, -0.15) is 0 Å².